The highest BCUT2D eigenvalue weighted by atomic mass is 16.5. The predicted molar refractivity (Wildman–Crippen MR) is 206 cm³/mol. The number of benzene rings is 2. The highest BCUT2D eigenvalue weighted by Crippen LogP contribution is 2.38. The highest BCUT2D eigenvalue weighted by Gasteiger charge is 2.38. The van der Waals surface area contributed by atoms with Gasteiger partial charge in [0.05, 0.1) is 36.9 Å². The smallest absolute Gasteiger partial charge is 0.407 e. The summed E-state index contributed by atoms with van der Waals surface area (Å²) in [5, 5.41) is 5.82. The minimum atomic E-state index is -0.677. The van der Waals surface area contributed by atoms with Crippen molar-refractivity contribution in [2.75, 3.05) is 13.7 Å². The molecule has 5 aromatic rings. The van der Waals surface area contributed by atoms with Crippen molar-refractivity contribution in [2.45, 2.75) is 76.9 Å². The Hall–Kier alpha value is -5.78. The molecule has 7 rings (SSSR count). The van der Waals surface area contributed by atoms with Crippen molar-refractivity contribution in [1.82, 2.24) is 40.5 Å². The van der Waals surface area contributed by atoms with Gasteiger partial charge < -0.3 is 30.2 Å². The van der Waals surface area contributed by atoms with Crippen LogP contribution in [0.15, 0.2) is 85.5 Å². The number of H-pyrrole nitrogens is 2. The lowest BCUT2D eigenvalue weighted by molar-refractivity contribution is -0.135. The standard InChI is InChI=1S/C42H48N8O4/c1-26(2)37(49-42(53)54-3)41(52)50-21-7-11-36(50)39-45-25-35(48-39)31-18-14-29(15-19-31)28-12-16-30(17-13-28)34-24-44-38(47-34)32-9-4-5-10-33(32)40(51)46-23-27-8-6-20-43-22-27/h6,8,12-20,22,24-26,32-33,36-37H,4-5,7,9-11,21,23H2,1-3H3,(H,44,47)(H,45,48)(H,46,51)(H,49,53)/t32-,33+,36+,37?/m1/s1. The number of hydrogen-bond acceptors (Lipinski definition) is 7. The van der Waals surface area contributed by atoms with Gasteiger partial charge in [0.25, 0.3) is 0 Å². The second kappa shape index (κ2) is 16.5. The van der Waals surface area contributed by atoms with Crippen molar-refractivity contribution in [1.29, 1.82) is 0 Å². The number of methoxy groups -OCH3 is 1. The fraction of sp³-hybridized carbons (Fsp3) is 0.381. The Bertz CT molecular complexity index is 2040. The van der Waals surface area contributed by atoms with E-state index in [9.17, 15) is 14.4 Å². The van der Waals surface area contributed by atoms with Gasteiger partial charge in [0.2, 0.25) is 11.8 Å². The van der Waals surface area contributed by atoms with Crippen LogP contribution in [0.2, 0.25) is 0 Å². The summed E-state index contributed by atoms with van der Waals surface area (Å²) in [5.41, 5.74) is 7.00. The number of likely N-dealkylation sites (tertiary alicyclic amines) is 1. The largest absolute Gasteiger partial charge is 0.453 e. The number of rotatable bonds is 11. The molecule has 2 aromatic carbocycles. The number of aromatic amines is 2. The van der Waals surface area contributed by atoms with E-state index in [2.05, 4.69) is 79.1 Å². The summed E-state index contributed by atoms with van der Waals surface area (Å²) < 4.78 is 4.76. The first kappa shape index (κ1) is 36.6. The number of alkyl carbamates (subject to hydrolysis) is 1. The normalized spacial score (nSPS) is 19.0. The van der Waals surface area contributed by atoms with Crippen LogP contribution in [0.4, 0.5) is 4.79 Å². The molecular formula is C42H48N8O4. The molecule has 1 aliphatic carbocycles. The molecule has 4 atom stereocenters. The van der Waals surface area contributed by atoms with E-state index in [1.165, 1.54) is 7.11 Å². The summed E-state index contributed by atoms with van der Waals surface area (Å²) in [6.07, 6.45) is 12.1. The molecule has 0 spiro atoms. The lowest BCUT2D eigenvalue weighted by Crippen LogP contribution is -2.51. The Morgan fingerprint density at radius 1 is 0.815 bits per heavy atom. The minimum absolute atomic E-state index is 0.0531. The van der Waals surface area contributed by atoms with E-state index >= 15 is 0 Å². The van der Waals surface area contributed by atoms with Crippen molar-refractivity contribution < 1.29 is 19.1 Å². The summed E-state index contributed by atoms with van der Waals surface area (Å²) >= 11 is 0. The Morgan fingerprint density at radius 2 is 1.44 bits per heavy atom. The van der Waals surface area contributed by atoms with Crippen LogP contribution in [0.5, 0.6) is 0 Å². The fourth-order valence-electron chi connectivity index (χ4n) is 7.80. The van der Waals surface area contributed by atoms with E-state index in [0.29, 0.717) is 13.1 Å². The zero-order valence-electron chi connectivity index (χ0n) is 31.0. The zero-order chi connectivity index (χ0) is 37.6. The monoisotopic (exact) mass is 728 g/mol. The van der Waals surface area contributed by atoms with Gasteiger partial charge in [-0.2, -0.15) is 0 Å². The summed E-state index contributed by atoms with van der Waals surface area (Å²) in [6.45, 7) is 4.89. The maximum absolute atomic E-state index is 13.5. The maximum Gasteiger partial charge on any atom is 0.407 e. The van der Waals surface area contributed by atoms with Crippen molar-refractivity contribution in [3.8, 4) is 33.6 Å². The summed E-state index contributed by atoms with van der Waals surface area (Å²) in [7, 11) is 1.30. The van der Waals surface area contributed by atoms with Gasteiger partial charge in [0.15, 0.2) is 0 Å². The Morgan fingerprint density at radius 3 is 2.07 bits per heavy atom. The van der Waals surface area contributed by atoms with E-state index in [1.807, 2.05) is 43.3 Å². The van der Waals surface area contributed by atoms with Gasteiger partial charge in [-0.25, -0.2) is 14.8 Å². The van der Waals surface area contributed by atoms with Gasteiger partial charge in [-0.1, -0.05) is 81.3 Å². The fourth-order valence-corrected chi connectivity index (χ4v) is 7.80. The number of hydrogen-bond donors (Lipinski definition) is 4. The molecule has 12 heteroatoms. The SMILES string of the molecule is COC(=O)NC(C(=O)N1CCC[C@H]1c1ncc(-c2ccc(-c3ccc(-c4cnc([C@@H]5CCCC[C@@H]5C(=O)NCc5cccnc5)[nH]4)cc3)cc2)[nH]1)C(C)C. The van der Waals surface area contributed by atoms with E-state index in [0.717, 1.165) is 89.4 Å². The van der Waals surface area contributed by atoms with Gasteiger partial charge in [-0.05, 0) is 65.5 Å². The molecule has 280 valence electrons. The van der Waals surface area contributed by atoms with Crippen LogP contribution in [0, 0.1) is 11.8 Å². The summed E-state index contributed by atoms with van der Waals surface area (Å²) in [4.78, 5) is 61.1. The number of amides is 3. The lowest BCUT2D eigenvalue weighted by Gasteiger charge is -2.30. The number of nitrogens with one attached hydrogen (secondary N) is 4. The van der Waals surface area contributed by atoms with Crippen molar-refractivity contribution in [3.05, 3.63) is 103 Å². The highest BCUT2D eigenvalue weighted by molar-refractivity contribution is 5.86. The first-order valence-corrected chi connectivity index (χ1v) is 18.9. The second-order valence-electron chi connectivity index (χ2n) is 14.6. The van der Waals surface area contributed by atoms with Crippen molar-refractivity contribution in [3.63, 3.8) is 0 Å². The van der Waals surface area contributed by atoms with Gasteiger partial charge in [0, 0.05) is 37.3 Å². The van der Waals surface area contributed by atoms with Gasteiger partial charge in [0.1, 0.15) is 17.7 Å². The van der Waals surface area contributed by atoms with Crippen molar-refractivity contribution in [2.24, 2.45) is 11.8 Å². The number of pyridine rings is 1. The predicted octanol–water partition coefficient (Wildman–Crippen LogP) is 7.16. The quantitative estimate of drug-likeness (QED) is 0.112. The third kappa shape index (κ3) is 8.07. The second-order valence-corrected chi connectivity index (χ2v) is 14.6. The zero-order valence-corrected chi connectivity index (χ0v) is 31.0. The number of nitrogens with zero attached hydrogens (tertiary/aromatic N) is 4. The first-order valence-electron chi connectivity index (χ1n) is 18.9. The van der Waals surface area contributed by atoms with Gasteiger partial charge in [-0.3, -0.25) is 14.6 Å². The first-order chi connectivity index (χ1) is 26.3. The van der Waals surface area contributed by atoms with E-state index in [-0.39, 0.29) is 35.6 Å². The average molecular weight is 729 g/mol. The number of aromatic nitrogens is 5. The van der Waals surface area contributed by atoms with Crippen LogP contribution in [0.3, 0.4) is 0 Å². The summed E-state index contributed by atoms with van der Waals surface area (Å²) in [5.74, 6) is 1.39. The van der Waals surface area contributed by atoms with E-state index in [1.54, 1.807) is 12.4 Å². The number of ether oxygens (including phenoxy) is 1. The molecule has 1 saturated heterocycles. The molecule has 2 fully saturated rings. The Kier molecular flexibility index (Phi) is 11.2. The number of imidazole rings is 2. The molecule has 54 heavy (non-hydrogen) atoms. The van der Waals surface area contributed by atoms with E-state index < -0.39 is 12.1 Å². The van der Waals surface area contributed by atoms with Crippen LogP contribution in [0.1, 0.15) is 81.5 Å². The van der Waals surface area contributed by atoms with Gasteiger partial charge >= 0.3 is 6.09 Å². The topological polar surface area (TPSA) is 158 Å². The van der Waals surface area contributed by atoms with Crippen LogP contribution >= 0.6 is 0 Å². The average Bonchev–Trinajstić information content (AvgIpc) is 4.01. The van der Waals surface area contributed by atoms with Crippen LogP contribution in [-0.2, 0) is 20.9 Å². The molecule has 1 aliphatic heterocycles. The molecular weight excluding hydrogens is 681 g/mol. The molecule has 1 unspecified atom stereocenters. The molecule has 4 N–H and O–H groups in total. The Labute approximate surface area is 315 Å². The molecule has 3 aromatic heterocycles. The molecule has 12 nitrogen and oxygen atoms in total. The molecule has 3 amide bonds. The van der Waals surface area contributed by atoms with Crippen LogP contribution < -0.4 is 10.6 Å². The third-order valence-corrected chi connectivity index (χ3v) is 10.8. The van der Waals surface area contributed by atoms with E-state index in [4.69, 9.17) is 9.72 Å². The third-order valence-electron chi connectivity index (χ3n) is 10.8. The van der Waals surface area contributed by atoms with Crippen molar-refractivity contribution >= 4 is 17.9 Å². The van der Waals surface area contributed by atoms with Crippen LogP contribution in [-0.4, -0.2) is 67.4 Å². The molecule has 0 bridgehead atoms. The summed E-state index contributed by atoms with van der Waals surface area (Å²) in [6, 6.07) is 19.7. The minimum Gasteiger partial charge on any atom is -0.453 e. The van der Waals surface area contributed by atoms with Gasteiger partial charge in [-0.15, -0.1) is 0 Å². The molecule has 0 radical (unpaired) electrons. The maximum atomic E-state index is 13.5. The number of carbonyl (C=O) groups excluding carboxylic acids is 3. The number of carbonyl (C=O) groups is 3. The molecule has 2 aliphatic rings. The molecule has 1 saturated carbocycles. The molecule has 4 heterocycles. The van der Waals surface area contributed by atoms with Crippen LogP contribution in [0.25, 0.3) is 33.6 Å². The Balaban J connectivity index is 0.988. The lowest BCUT2D eigenvalue weighted by atomic mass is 9.78.